The van der Waals surface area contributed by atoms with Gasteiger partial charge in [0.15, 0.2) is 5.78 Å². The molecule has 1 saturated carbocycles. The molecular weight excluding hydrogens is 352 g/mol. The number of Topliss-reactive ketones (excluding diaryl/α,β-unsaturated/α-hetero) is 1. The summed E-state index contributed by atoms with van der Waals surface area (Å²) in [6.07, 6.45) is 0.532. The van der Waals surface area contributed by atoms with E-state index in [9.17, 15) is 14.4 Å². The van der Waals surface area contributed by atoms with E-state index in [2.05, 4.69) is 10.6 Å². The van der Waals surface area contributed by atoms with Crippen LogP contribution in [0.1, 0.15) is 29.3 Å². The summed E-state index contributed by atoms with van der Waals surface area (Å²) in [6, 6.07) is 14.0. The number of anilines is 1. The molecule has 2 N–H and O–H groups in total. The van der Waals surface area contributed by atoms with Gasteiger partial charge < -0.3 is 10.6 Å². The van der Waals surface area contributed by atoms with Crippen LogP contribution >= 0.6 is 11.6 Å². The summed E-state index contributed by atoms with van der Waals surface area (Å²) in [5.74, 6) is -1.03. The van der Waals surface area contributed by atoms with Crippen molar-refractivity contribution in [3.05, 3.63) is 64.7 Å². The van der Waals surface area contributed by atoms with Crippen molar-refractivity contribution in [2.45, 2.75) is 19.9 Å². The summed E-state index contributed by atoms with van der Waals surface area (Å²) in [6.45, 7) is 1.88. The molecule has 0 heterocycles. The Labute approximate surface area is 156 Å². The van der Waals surface area contributed by atoms with Crippen molar-refractivity contribution in [3.8, 4) is 0 Å². The summed E-state index contributed by atoms with van der Waals surface area (Å²) in [7, 11) is 0. The van der Waals surface area contributed by atoms with Crippen LogP contribution in [0, 0.1) is 11.8 Å². The molecule has 3 rings (SSSR count). The van der Waals surface area contributed by atoms with E-state index in [1.54, 1.807) is 36.4 Å². The van der Waals surface area contributed by atoms with Crippen LogP contribution in [0.25, 0.3) is 0 Å². The zero-order chi connectivity index (χ0) is 18.7. The van der Waals surface area contributed by atoms with Gasteiger partial charge in [-0.2, -0.15) is 0 Å². The third kappa shape index (κ3) is 4.49. The zero-order valence-corrected chi connectivity index (χ0v) is 15.0. The normalized spacial score (nSPS) is 18.1. The number of ketones is 1. The minimum Gasteiger partial charge on any atom is -0.352 e. The maximum atomic E-state index is 12.3. The average molecular weight is 371 g/mol. The van der Waals surface area contributed by atoms with Crippen molar-refractivity contribution in [2.24, 2.45) is 11.8 Å². The van der Waals surface area contributed by atoms with Crippen molar-refractivity contribution in [1.29, 1.82) is 0 Å². The molecule has 0 bridgehead atoms. The summed E-state index contributed by atoms with van der Waals surface area (Å²) < 4.78 is 0. The van der Waals surface area contributed by atoms with Crippen molar-refractivity contribution < 1.29 is 14.4 Å². The molecule has 5 nitrogen and oxygen atoms in total. The maximum absolute atomic E-state index is 12.3. The lowest BCUT2D eigenvalue weighted by Crippen LogP contribution is -2.27. The van der Waals surface area contributed by atoms with Crippen molar-refractivity contribution in [2.75, 3.05) is 5.32 Å². The minimum atomic E-state index is -0.332. The van der Waals surface area contributed by atoms with Crippen LogP contribution in [-0.4, -0.2) is 17.6 Å². The van der Waals surface area contributed by atoms with Crippen molar-refractivity contribution in [1.82, 2.24) is 5.32 Å². The summed E-state index contributed by atoms with van der Waals surface area (Å²) in [4.78, 5) is 35.9. The largest absolute Gasteiger partial charge is 0.352 e. The van der Waals surface area contributed by atoms with Gasteiger partial charge in [-0.05, 0) is 43.2 Å². The van der Waals surface area contributed by atoms with Crippen LogP contribution in [0.15, 0.2) is 48.5 Å². The van der Waals surface area contributed by atoms with E-state index < -0.39 is 0 Å². The molecule has 2 aromatic rings. The lowest BCUT2D eigenvalue weighted by molar-refractivity contribution is -0.125. The third-order valence-corrected chi connectivity index (χ3v) is 4.63. The topological polar surface area (TPSA) is 75.3 Å². The first-order chi connectivity index (χ1) is 12.4. The molecule has 0 saturated heterocycles. The van der Waals surface area contributed by atoms with Gasteiger partial charge in [0.2, 0.25) is 11.8 Å². The number of hydrogen-bond donors (Lipinski definition) is 2. The Kier molecular flexibility index (Phi) is 5.38. The second-order valence-corrected chi connectivity index (χ2v) is 6.86. The van der Waals surface area contributed by atoms with Gasteiger partial charge in [0.05, 0.1) is 11.8 Å². The fourth-order valence-corrected chi connectivity index (χ4v) is 2.87. The van der Waals surface area contributed by atoms with E-state index in [-0.39, 0.29) is 29.4 Å². The Hall–Kier alpha value is -2.66. The van der Waals surface area contributed by atoms with E-state index in [1.165, 1.54) is 6.92 Å². The predicted octanol–water partition coefficient (Wildman–Crippen LogP) is 3.43. The van der Waals surface area contributed by atoms with E-state index in [0.717, 1.165) is 5.56 Å². The van der Waals surface area contributed by atoms with Crippen LogP contribution in [-0.2, 0) is 16.1 Å². The Balaban J connectivity index is 1.50. The molecule has 1 aliphatic carbocycles. The van der Waals surface area contributed by atoms with Gasteiger partial charge in [0.1, 0.15) is 0 Å². The lowest BCUT2D eigenvalue weighted by Gasteiger charge is -2.07. The van der Waals surface area contributed by atoms with Gasteiger partial charge in [-0.1, -0.05) is 35.9 Å². The zero-order valence-electron chi connectivity index (χ0n) is 14.3. The van der Waals surface area contributed by atoms with Crippen LogP contribution in [0.5, 0.6) is 0 Å². The molecule has 0 aromatic heterocycles. The highest BCUT2D eigenvalue weighted by Gasteiger charge is 2.47. The van der Waals surface area contributed by atoms with Gasteiger partial charge in [-0.25, -0.2) is 0 Å². The van der Waals surface area contributed by atoms with Crippen LogP contribution in [0.3, 0.4) is 0 Å². The fraction of sp³-hybridized carbons (Fsp3) is 0.250. The summed E-state index contributed by atoms with van der Waals surface area (Å²) >= 11 is 5.83. The highest BCUT2D eigenvalue weighted by molar-refractivity contribution is 6.30. The number of hydrogen-bond acceptors (Lipinski definition) is 3. The summed E-state index contributed by atoms with van der Waals surface area (Å²) in [5, 5.41) is 6.27. The molecule has 134 valence electrons. The standard InChI is InChI=1S/C20H19ClN2O3/c1-12(24)14-3-2-4-16(9-14)23-20(26)18-10-17(18)19(25)22-11-13-5-7-15(21)8-6-13/h2-9,17-18H,10-11H2,1H3,(H,22,25)(H,23,26). The molecule has 2 atom stereocenters. The smallest absolute Gasteiger partial charge is 0.228 e. The van der Waals surface area contributed by atoms with Gasteiger partial charge in [0, 0.05) is 22.8 Å². The highest BCUT2D eigenvalue weighted by Crippen LogP contribution is 2.39. The Bertz CT molecular complexity index is 848. The number of halogens is 1. The molecule has 1 fully saturated rings. The molecule has 0 radical (unpaired) electrons. The van der Waals surface area contributed by atoms with Gasteiger partial charge in [-0.3, -0.25) is 14.4 Å². The Morgan fingerprint density at radius 2 is 1.73 bits per heavy atom. The average Bonchev–Trinajstić information content (AvgIpc) is 3.42. The molecule has 0 aliphatic heterocycles. The van der Waals surface area contributed by atoms with Crippen LogP contribution in [0.2, 0.25) is 5.02 Å². The van der Waals surface area contributed by atoms with Crippen molar-refractivity contribution >= 4 is 34.9 Å². The van der Waals surface area contributed by atoms with Crippen LogP contribution in [0.4, 0.5) is 5.69 Å². The Morgan fingerprint density at radius 1 is 1.04 bits per heavy atom. The number of nitrogens with one attached hydrogen (secondary N) is 2. The molecule has 1 aliphatic rings. The Morgan fingerprint density at radius 3 is 2.42 bits per heavy atom. The number of carbonyl (C=O) groups excluding carboxylic acids is 3. The minimum absolute atomic E-state index is 0.0630. The van der Waals surface area contributed by atoms with E-state index in [0.29, 0.717) is 29.2 Å². The fourth-order valence-electron chi connectivity index (χ4n) is 2.75. The third-order valence-electron chi connectivity index (χ3n) is 4.38. The van der Waals surface area contributed by atoms with E-state index in [4.69, 9.17) is 11.6 Å². The molecule has 2 unspecified atom stereocenters. The first-order valence-corrected chi connectivity index (χ1v) is 8.76. The monoisotopic (exact) mass is 370 g/mol. The lowest BCUT2D eigenvalue weighted by atomic mass is 10.1. The highest BCUT2D eigenvalue weighted by atomic mass is 35.5. The number of carbonyl (C=O) groups is 3. The first-order valence-electron chi connectivity index (χ1n) is 8.38. The molecule has 0 spiro atoms. The number of amides is 2. The second-order valence-electron chi connectivity index (χ2n) is 6.42. The van der Waals surface area contributed by atoms with Gasteiger partial charge in [0.25, 0.3) is 0 Å². The molecule has 2 amide bonds. The van der Waals surface area contributed by atoms with Crippen LogP contribution < -0.4 is 10.6 Å². The predicted molar refractivity (Wildman–Crippen MR) is 100.0 cm³/mol. The van der Waals surface area contributed by atoms with Gasteiger partial charge >= 0.3 is 0 Å². The first kappa shape index (κ1) is 18.1. The quantitative estimate of drug-likeness (QED) is 0.765. The number of rotatable bonds is 6. The second kappa shape index (κ2) is 7.70. The SMILES string of the molecule is CC(=O)c1cccc(NC(=O)C2CC2C(=O)NCc2ccc(Cl)cc2)c1. The molecule has 2 aromatic carbocycles. The molecule has 26 heavy (non-hydrogen) atoms. The summed E-state index contributed by atoms with van der Waals surface area (Å²) in [5.41, 5.74) is 2.05. The molecular formula is C20H19ClN2O3. The van der Waals surface area contributed by atoms with E-state index >= 15 is 0 Å². The van der Waals surface area contributed by atoms with Gasteiger partial charge in [-0.15, -0.1) is 0 Å². The van der Waals surface area contributed by atoms with E-state index in [1.807, 2.05) is 12.1 Å². The van der Waals surface area contributed by atoms with Crippen molar-refractivity contribution in [3.63, 3.8) is 0 Å². The maximum Gasteiger partial charge on any atom is 0.228 e. The number of benzene rings is 2. The molecule has 6 heteroatoms.